The van der Waals surface area contributed by atoms with E-state index in [9.17, 15) is 5.11 Å². The summed E-state index contributed by atoms with van der Waals surface area (Å²) >= 11 is 5.96. The number of aliphatic imine (C=N–C) groups is 1. The van der Waals surface area contributed by atoms with Crippen molar-refractivity contribution in [2.24, 2.45) is 4.99 Å². The SMILES string of the molecule is CCc1ccc(-c2nc3ccc(N=Cc4cc(Cl)ccc4O)cc3o2)cc1. The average Bonchev–Trinajstić information content (AvgIpc) is 3.12. The van der Waals surface area contributed by atoms with Crippen LogP contribution in [0.1, 0.15) is 18.1 Å². The summed E-state index contributed by atoms with van der Waals surface area (Å²) in [6.07, 6.45) is 2.57. The van der Waals surface area contributed by atoms with E-state index in [1.807, 2.05) is 30.3 Å². The van der Waals surface area contributed by atoms with Crippen LogP contribution in [-0.4, -0.2) is 16.3 Å². The standard InChI is InChI=1S/C22H17ClN2O2/c1-2-14-3-5-15(6-4-14)22-25-19-9-8-18(12-21(19)27-22)24-13-16-11-17(23)7-10-20(16)26/h3-13,26H,2H2,1H3. The number of aromatic nitrogens is 1. The number of fused-ring (bicyclic) bond motifs is 1. The lowest BCUT2D eigenvalue weighted by molar-refractivity contribution is 0.474. The number of aromatic hydroxyl groups is 1. The van der Waals surface area contributed by atoms with Crippen LogP contribution in [0.3, 0.4) is 0 Å². The highest BCUT2D eigenvalue weighted by atomic mass is 35.5. The number of phenolic OH excluding ortho intramolecular Hbond substituents is 1. The van der Waals surface area contributed by atoms with Crippen LogP contribution in [0.15, 0.2) is 70.1 Å². The number of nitrogens with zero attached hydrogens (tertiary/aromatic N) is 2. The molecule has 5 heteroatoms. The van der Waals surface area contributed by atoms with E-state index in [0.717, 1.165) is 17.5 Å². The van der Waals surface area contributed by atoms with Gasteiger partial charge in [-0.2, -0.15) is 0 Å². The Balaban J connectivity index is 1.64. The Hall–Kier alpha value is -3.11. The van der Waals surface area contributed by atoms with Crippen molar-refractivity contribution in [1.82, 2.24) is 4.98 Å². The zero-order valence-corrected chi connectivity index (χ0v) is 15.4. The molecule has 0 aliphatic rings. The lowest BCUT2D eigenvalue weighted by Crippen LogP contribution is -1.82. The number of aryl methyl sites for hydroxylation is 1. The molecule has 27 heavy (non-hydrogen) atoms. The van der Waals surface area contributed by atoms with Gasteiger partial charge < -0.3 is 9.52 Å². The molecule has 0 aliphatic heterocycles. The van der Waals surface area contributed by atoms with Gasteiger partial charge >= 0.3 is 0 Å². The maximum absolute atomic E-state index is 9.87. The second-order valence-electron chi connectivity index (χ2n) is 6.18. The van der Waals surface area contributed by atoms with E-state index in [0.29, 0.717) is 27.7 Å². The van der Waals surface area contributed by atoms with Crippen LogP contribution in [0.4, 0.5) is 5.69 Å². The molecule has 0 saturated carbocycles. The minimum atomic E-state index is 0.127. The molecule has 1 N–H and O–H groups in total. The fourth-order valence-electron chi connectivity index (χ4n) is 2.77. The summed E-state index contributed by atoms with van der Waals surface area (Å²) < 4.78 is 5.91. The Bertz CT molecular complexity index is 1130. The van der Waals surface area contributed by atoms with Gasteiger partial charge in [0.15, 0.2) is 5.58 Å². The van der Waals surface area contributed by atoms with Gasteiger partial charge in [0, 0.05) is 28.4 Å². The van der Waals surface area contributed by atoms with Crippen molar-refractivity contribution in [1.29, 1.82) is 0 Å². The van der Waals surface area contributed by atoms with Crippen LogP contribution >= 0.6 is 11.6 Å². The van der Waals surface area contributed by atoms with E-state index in [1.165, 1.54) is 5.56 Å². The number of hydrogen-bond acceptors (Lipinski definition) is 4. The molecule has 4 nitrogen and oxygen atoms in total. The van der Waals surface area contributed by atoms with Crippen molar-refractivity contribution in [3.05, 3.63) is 76.8 Å². The largest absolute Gasteiger partial charge is 0.507 e. The van der Waals surface area contributed by atoms with Gasteiger partial charge in [-0.3, -0.25) is 4.99 Å². The Morgan fingerprint density at radius 2 is 1.89 bits per heavy atom. The third-order valence-corrected chi connectivity index (χ3v) is 4.56. The molecule has 0 unspecified atom stereocenters. The number of phenols is 1. The molecule has 3 aromatic carbocycles. The molecule has 0 amide bonds. The summed E-state index contributed by atoms with van der Waals surface area (Å²) in [4.78, 5) is 8.95. The summed E-state index contributed by atoms with van der Waals surface area (Å²) in [5.41, 5.74) is 4.90. The summed E-state index contributed by atoms with van der Waals surface area (Å²) in [6, 6.07) is 18.6. The van der Waals surface area contributed by atoms with Gasteiger partial charge in [-0.15, -0.1) is 0 Å². The van der Waals surface area contributed by atoms with Gasteiger partial charge in [-0.1, -0.05) is 30.7 Å². The van der Waals surface area contributed by atoms with E-state index in [2.05, 4.69) is 29.0 Å². The highest BCUT2D eigenvalue weighted by Crippen LogP contribution is 2.28. The Morgan fingerprint density at radius 3 is 2.67 bits per heavy atom. The van der Waals surface area contributed by atoms with Crippen LogP contribution in [-0.2, 0) is 6.42 Å². The monoisotopic (exact) mass is 376 g/mol. The summed E-state index contributed by atoms with van der Waals surface area (Å²) in [5.74, 6) is 0.711. The van der Waals surface area contributed by atoms with Gasteiger partial charge in [0.25, 0.3) is 0 Å². The Labute approximate surface area is 161 Å². The van der Waals surface area contributed by atoms with Crippen molar-refractivity contribution >= 4 is 34.6 Å². The normalized spacial score (nSPS) is 11.5. The van der Waals surface area contributed by atoms with Crippen LogP contribution < -0.4 is 0 Å². The molecule has 0 bridgehead atoms. The molecule has 4 rings (SSSR count). The zero-order chi connectivity index (χ0) is 18.8. The number of hydrogen-bond donors (Lipinski definition) is 1. The predicted molar refractivity (Wildman–Crippen MR) is 109 cm³/mol. The van der Waals surface area contributed by atoms with E-state index < -0.39 is 0 Å². The zero-order valence-electron chi connectivity index (χ0n) is 14.7. The van der Waals surface area contributed by atoms with Crippen molar-refractivity contribution in [3.8, 4) is 17.2 Å². The average molecular weight is 377 g/mol. The minimum absolute atomic E-state index is 0.127. The van der Waals surface area contributed by atoms with Gasteiger partial charge in [0.05, 0.1) is 5.69 Å². The highest BCUT2D eigenvalue weighted by molar-refractivity contribution is 6.30. The molecule has 0 radical (unpaired) electrons. The first-order valence-electron chi connectivity index (χ1n) is 8.65. The fourth-order valence-corrected chi connectivity index (χ4v) is 2.95. The van der Waals surface area contributed by atoms with E-state index in [-0.39, 0.29) is 5.75 Å². The van der Waals surface area contributed by atoms with E-state index in [4.69, 9.17) is 16.0 Å². The molecule has 0 saturated heterocycles. The lowest BCUT2D eigenvalue weighted by Gasteiger charge is -1.99. The fraction of sp³-hybridized carbons (Fsp3) is 0.0909. The van der Waals surface area contributed by atoms with Crippen LogP contribution in [0.2, 0.25) is 5.02 Å². The van der Waals surface area contributed by atoms with Gasteiger partial charge in [0.1, 0.15) is 11.3 Å². The number of oxazole rings is 1. The third kappa shape index (κ3) is 3.71. The Kier molecular flexibility index (Phi) is 4.65. The first-order valence-corrected chi connectivity index (χ1v) is 9.02. The van der Waals surface area contributed by atoms with Crippen LogP contribution in [0.25, 0.3) is 22.6 Å². The minimum Gasteiger partial charge on any atom is -0.507 e. The summed E-state index contributed by atoms with van der Waals surface area (Å²) in [6.45, 7) is 2.12. The van der Waals surface area contributed by atoms with Crippen molar-refractivity contribution in [3.63, 3.8) is 0 Å². The number of benzene rings is 3. The second kappa shape index (κ2) is 7.25. The molecule has 1 aromatic heterocycles. The highest BCUT2D eigenvalue weighted by Gasteiger charge is 2.09. The summed E-state index contributed by atoms with van der Waals surface area (Å²) in [7, 11) is 0. The van der Waals surface area contributed by atoms with Gasteiger partial charge in [0.2, 0.25) is 5.89 Å². The smallest absolute Gasteiger partial charge is 0.227 e. The topological polar surface area (TPSA) is 58.6 Å². The Morgan fingerprint density at radius 1 is 1.07 bits per heavy atom. The van der Waals surface area contributed by atoms with Gasteiger partial charge in [-0.05, 0) is 54.4 Å². The molecule has 4 aromatic rings. The first kappa shape index (κ1) is 17.3. The van der Waals surface area contributed by atoms with Crippen LogP contribution in [0.5, 0.6) is 5.75 Å². The van der Waals surface area contributed by atoms with Crippen LogP contribution in [0, 0.1) is 0 Å². The molecular formula is C22H17ClN2O2. The van der Waals surface area contributed by atoms with Crippen molar-refractivity contribution in [2.45, 2.75) is 13.3 Å². The summed E-state index contributed by atoms with van der Waals surface area (Å²) in [5, 5.41) is 10.4. The molecular weight excluding hydrogens is 360 g/mol. The van der Waals surface area contributed by atoms with Gasteiger partial charge in [-0.25, -0.2) is 4.98 Å². The number of halogens is 1. The molecule has 134 valence electrons. The van der Waals surface area contributed by atoms with E-state index in [1.54, 1.807) is 24.4 Å². The predicted octanol–water partition coefficient (Wildman–Crippen LogP) is 6.17. The first-order chi connectivity index (χ1) is 13.1. The van der Waals surface area contributed by atoms with E-state index >= 15 is 0 Å². The second-order valence-corrected chi connectivity index (χ2v) is 6.62. The molecule has 0 aliphatic carbocycles. The molecule has 1 heterocycles. The lowest BCUT2D eigenvalue weighted by atomic mass is 10.1. The maximum Gasteiger partial charge on any atom is 0.227 e. The molecule has 0 atom stereocenters. The number of rotatable bonds is 4. The quantitative estimate of drug-likeness (QED) is 0.433. The van der Waals surface area contributed by atoms with Crippen molar-refractivity contribution < 1.29 is 9.52 Å². The van der Waals surface area contributed by atoms with Crippen molar-refractivity contribution in [2.75, 3.05) is 0 Å². The molecule has 0 fully saturated rings. The molecule has 0 spiro atoms. The third-order valence-electron chi connectivity index (χ3n) is 4.32. The maximum atomic E-state index is 9.87.